The Morgan fingerprint density at radius 3 is 2.31 bits per heavy atom. The maximum absolute atomic E-state index is 12.5. The Morgan fingerprint density at radius 1 is 1.04 bits per heavy atom. The van der Waals surface area contributed by atoms with Crippen LogP contribution in [0.2, 0.25) is 0 Å². The van der Waals surface area contributed by atoms with Gasteiger partial charge in [0, 0.05) is 25.0 Å². The van der Waals surface area contributed by atoms with Gasteiger partial charge in [-0.3, -0.25) is 19.4 Å². The highest BCUT2D eigenvalue weighted by Crippen LogP contribution is 2.37. The molecule has 0 aromatic rings. The van der Waals surface area contributed by atoms with E-state index in [0.717, 1.165) is 44.4 Å². The molecule has 142 valence electrons. The Balaban J connectivity index is 1.31. The van der Waals surface area contributed by atoms with Crippen molar-refractivity contribution < 1.29 is 14.4 Å². The Kier molecular flexibility index (Phi) is 4.71. The first kappa shape index (κ1) is 17.5. The normalized spacial score (nSPS) is 26.2. The molecule has 0 unspecified atom stereocenters. The van der Waals surface area contributed by atoms with Crippen LogP contribution in [0.3, 0.4) is 0 Å². The fourth-order valence-electron chi connectivity index (χ4n) is 4.33. The highest BCUT2D eigenvalue weighted by molar-refractivity contribution is 6.35. The molecule has 0 atom stereocenters. The average Bonchev–Trinajstić information content (AvgIpc) is 3.46. The highest BCUT2D eigenvalue weighted by atomic mass is 16.2. The van der Waals surface area contributed by atoms with E-state index in [-0.39, 0.29) is 11.9 Å². The maximum Gasteiger partial charge on any atom is 0.311 e. The molecule has 0 bridgehead atoms. The van der Waals surface area contributed by atoms with Crippen molar-refractivity contribution in [2.45, 2.75) is 75.8 Å². The number of carbonyl (C=O) groups excluding carboxylic acids is 3. The van der Waals surface area contributed by atoms with Crippen molar-refractivity contribution >= 4 is 23.6 Å². The number of piperidine rings is 1. The van der Waals surface area contributed by atoms with Crippen molar-refractivity contribution in [1.29, 1.82) is 0 Å². The molecule has 0 radical (unpaired) electrons. The van der Waals surface area contributed by atoms with E-state index in [1.54, 1.807) is 4.90 Å². The predicted molar refractivity (Wildman–Crippen MR) is 96.5 cm³/mol. The summed E-state index contributed by atoms with van der Waals surface area (Å²) in [5, 5.41) is 5.85. The summed E-state index contributed by atoms with van der Waals surface area (Å²) < 4.78 is 0. The van der Waals surface area contributed by atoms with Crippen LogP contribution < -0.4 is 10.6 Å². The first-order valence-corrected chi connectivity index (χ1v) is 10.1. The number of amidine groups is 1. The second-order valence-electron chi connectivity index (χ2n) is 8.21. The predicted octanol–water partition coefficient (Wildman–Crippen LogP) is 1.12. The van der Waals surface area contributed by atoms with Crippen molar-refractivity contribution in [1.82, 2.24) is 15.5 Å². The second kappa shape index (κ2) is 7.00. The standard InChI is InChI=1S/C19H28N4O3/c24-16(20-14-5-3-1-2-4-6-14)17(25)23-11-9-19(10-12-23)18(26)21-15(22-19)13-7-8-13/h13-14H,1-12H2,(H,20,24)(H,21,22,26). The van der Waals surface area contributed by atoms with Crippen LogP contribution in [0, 0.1) is 5.92 Å². The number of nitrogens with one attached hydrogen (secondary N) is 2. The van der Waals surface area contributed by atoms with Crippen LogP contribution in [0.15, 0.2) is 4.99 Å². The van der Waals surface area contributed by atoms with Crippen molar-refractivity contribution in [2.75, 3.05) is 13.1 Å². The van der Waals surface area contributed by atoms with Gasteiger partial charge < -0.3 is 15.5 Å². The zero-order valence-electron chi connectivity index (χ0n) is 15.3. The zero-order chi connectivity index (χ0) is 18.1. The van der Waals surface area contributed by atoms with Gasteiger partial charge in [-0.2, -0.15) is 0 Å². The molecule has 0 aromatic heterocycles. The van der Waals surface area contributed by atoms with Crippen LogP contribution in [0.25, 0.3) is 0 Å². The fraction of sp³-hybridized carbons (Fsp3) is 0.789. The van der Waals surface area contributed by atoms with Crippen LogP contribution in [-0.4, -0.2) is 53.1 Å². The molecular weight excluding hydrogens is 332 g/mol. The lowest BCUT2D eigenvalue weighted by molar-refractivity contribution is -0.147. The largest absolute Gasteiger partial charge is 0.345 e. The van der Waals surface area contributed by atoms with Gasteiger partial charge >= 0.3 is 11.8 Å². The lowest BCUT2D eigenvalue weighted by atomic mass is 9.88. The first-order valence-electron chi connectivity index (χ1n) is 10.1. The monoisotopic (exact) mass is 360 g/mol. The van der Waals surface area contributed by atoms with Crippen LogP contribution in [0.5, 0.6) is 0 Å². The van der Waals surface area contributed by atoms with E-state index in [2.05, 4.69) is 15.6 Å². The number of rotatable bonds is 2. The van der Waals surface area contributed by atoms with Crippen molar-refractivity contribution in [3.05, 3.63) is 0 Å². The molecule has 1 saturated heterocycles. The Morgan fingerprint density at radius 2 is 1.69 bits per heavy atom. The molecule has 4 aliphatic rings. The lowest BCUT2D eigenvalue weighted by Gasteiger charge is -2.35. The molecule has 0 aromatic carbocycles. The fourth-order valence-corrected chi connectivity index (χ4v) is 4.33. The minimum absolute atomic E-state index is 0.0330. The molecule has 2 N–H and O–H groups in total. The summed E-state index contributed by atoms with van der Waals surface area (Å²) in [5.74, 6) is 0.262. The summed E-state index contributed by atoms with van der Waals surface area (Å²) >= 11 is 0. The minimum Gasteiger partial charge on any atom is -0.345 e. The van der Waals surface area contributed by atoms with Gasteiger partial charge in [0.2, 0.25) is 0 Å². The van der Waals surface area contributed by atoms with Crippen molar-refractivity contribution in [3.8, 4) is 0 Å². The summed E-state index contributed by atoms with van der Waals surface area (Å²) in [5.41, 5.74) is -0.716. The number of hydrogen-bond acceptors (Lipinski definition) is 4. The number of aliphatic imine (C=N–C) groups is 1. The van der Waals surface area contributed by atoms with E-state index >= 15 is 0 Å². The lowest BCUT2D eigenvalue weighted by Crippen LogP contribution is -2.54. The van der Waals surface area contributed by atoms with Crippen molar-refractivity contribution in [3.63, 3.8) is 0 Å². The van der Waals surface area contributed by atoms with Gasteiger partial charge in [-0.15, -0.1) is 0 Å². The molecule has 1 spiro atoms. The van der Waals surface area contributed by atoms with Gasteiger partial charge in [-0.25, -0.2) is 0 Å². The minimum atomic E-state index is -0.716. The maximum atomic E-state index is 12.5. The summed E-state index contributed by atoms with van der Waals surface area (Å²) in [4.78, 5) is 43.5. The third-order valence-electron chi connectivity index (χ3n) is 6.23. The average molecular weight is 360 g/mol. The molecular formula is C19H28N4O3. The van der Waals surface area contributed by atoms with Gasteiger partial charge in [0.1, 0.15) is 11.4 Å². The van der Waals surface area contributed by atoms with E-state index in [1.807, 2.05) is 0 Å². The van der Waals surface area contributed by atoms with Crippen LogP contribution >= 0.6 is 0 Å². The molecule has 7 nitrogen and oxygen atoms in total. The van der Waals surface area contributed by atoms with E-state index in [4.69, 9.17) is 0 Å². The molecule has 2 aliphatic heterocycles. The molecule has 3 fully saturated rings. The molecule has 7 heteroatoms. The SMILES string of the molecule is O=C(NC1CCCCCC1)C(=O)N1CCC2(CC1)N=C(C1CC1)NC2=O. The van der Waals surface area contributed by atoms with Gasteiger partial charge in [-0.05, 0) is 38.5 Å². The van der Waals surface area contributed by atoms with Gasteiger partial charge in [-0.1, -0.05) is 25.7 Å². The Labute approximate surface area is 154 Å². The van der Waals surface area contributed by atoms with Gasteiger partial charge in [0.25, 0.3) is 5.91 Å². The Hall–Kier alpha value is -1.92. The Bertz CT molecular complexity index is 625. The summed E-state index contributed by atoms with van der Waals surface area (Å²) in [6.45, 7) is 0.817. The molecule has 3 amide bonds. The van der Waals surface area contributed by atoms with Crippen LogP contribution in [0.1, 0.15) is 64.2 Å². The third-order valence-corrected chi connectivity index (χ3v) is 6.23. The quantitative estimate of drug-likeness (QED) is 0.571. The van der Waals surface area contributed by atoms with E-state index in [1.165, 1.54) is 12.8 Å². The zero-order valence-corrected chi connectivity index (χ0v) is 15.3. The molecule has 2 heterocycles. The van der Waals surface area contributed by atoms with E-state index < -0.39 is 17.4 Å². The molecule has 4 rings (SSSR count). The smallest absolute Gasteiger partial charge is 0.311 e. The van der Waals surface area contributed by atoms with E-state index in [9.17, 15) is 14.4 Å². The number of likely N-dealkylation sites (tertiary alicyclic amines) is 1. The van der Waals surface area contributed by atoms with Crippen LogP contribution in [-0.2, 0) is 14.4 Å². The van der Waals surface area contributed by atoms with Gasteiger partial charge in [0.05, 0.1) is 0 Å². The van der Waals surface area contributed by atoms with Crippen LogP contribution in [0.4, 0.5) is 0 Å². The summed E-state index contributed by atoms with van der Waals surface area (Å²) in [6.07, 6.45) is 9.75. The third kappa shape index (κ3) is 3.48. The summed E-state index contributed by atoms with van der Waals surface area (Å²) in [6, 6.07) is 0.122. The highest BCUT2D eigenvalue weighted by Gasteiger charge is 2.49. The molecule has 2 aliphatic carbocycles. The first-order chi connectivity index (χ1) is 12.6. The van der Waals surface area contributed by atoms with E-state index in [0.29, 0.717) is 31.8 Å². The number of nitrogens with zero attached hydrogens (tertiary/aromatic N) is 2. The molecule has 26 heavy (non-hydrogen) atoms. The number of carbonyl (C=O) groups is 3. The van der Waals surface area contributed by atoms with Crippen molar-refractivity contribution in [2.24, 2.45) is 10.9 Å². The van der Waals surface area contributed by atoms with Gasteiger partial charge in [0.15, 0.2) is 0 Å². The number of hydrogen-bond donors (Lipinski definition) is 2. The second-order valence-corrected chi connectivity index (χ2v) is 8.21. The molecule has 2 saturated carbocycles. The summed E-state index contributed by atoms with van der Waals surface area (Å²) in [7, 11) is 0. The number of amides is 3. The topological polar surface area (TPSA) is 90.9 Å².